The zero-order chi connectivity index (χ0) is 9.68. The van der Waals surface area contributed by atoms with Crippen molar-refractivity contribution >= 4 is 0 Å². The van der Waals surface area contributed by atoms with E-state index in [0.29, 0.717) is 0 Å². The van der Waals surface area contributed by atoms with E-state index < -0.39 is 0 Å². The van der Waals surface area contributed by atoms with Crippen molar-refractivity contribution in [1.29, 1.82) is 0 Å². The summed E-state index contributed by atoms with van der Waals surface area (Å²) < 4.78 is 0. The summed E-state index contributed by atoms with van der Waals surface area (Å²) in [5.41, 5.74) is 2.46. The molecule has 0 amide bonds. The minimum Gasteiger partial charge on any atom is -0.298 e. The molecule has 2 nitrogen and oxygen atoms in total. The van der Waals surface area contributed by atoms with Crippen LogP contribution in [0.1, 0.15) is 25.1 Å². The highest BCUT2D eigenvalue weighted by atomic mass is 15.1. The lowest BCUT2D eigenvalue weighted by molar-refractivity contribution is 0.292. The van der Waals surface area contributed by atoms with Crippen LogP contribution in [0.3, 0.4) is 0 Å². The molecule has 1 heterocycles. The molecule has 0 radical (unpaired) electrons. The molecule has 1 rings (SSSR count). The van der Waals surface area contributed by atoms with Crippen LogP contribution >= 0.6 is 0 Å². The Hall–Kier alpha value is -0.890. The second kappa shape index (κ2) is 4.97. The van der Waals surface area contributed by atoms with Gasteiger partial charge in [-0.3, -0.25) is 9.88 Å². The molecule has 0 bridgehead atoms. The first-order valence-electron chi connectivity index (χ1n) is 4.90. The summed E-state index contributed by atoms with van der Waals surface area (Å²) in [6, 6.07) is 4.18. The van der Waals surface area contributed by atoms with Crippen LogP contribution < -0.4 is 0 Å². The predicted octanol–water partition coefficient (Wildman–Crippen LogP) is 2.23. The van der Waals surface area contributed by atoms with Crippen LogP contribution in [0.15, 0.2) is 18.3 Å². The molecule has 0 spiro atoms. The number of nitrogens with zero attached hydrogens (tertiary/aromatic N) is 2. The largest absolute Gasteiger partial charge is 0.298 e. The van der Waals surface area contributed by atoms with Gasteiger partial charge in [-0.1, -0.05) is 13.8 Å². The van der Waals surface area contributed by atoms with Gasteiger partial charge in [0.1, 0.15) is 0 Å². The van der Waals surface area contributed by atoms with Crippen molar-refractivity contribution in [2.24, 2.45) is 0 Å². The topological polar surface area (TPSA) is 16.1 Å². The summed E-state index contributed by atoms with van der Waals surface area (Å²) in [4.78, 5) is 6.70. The van der Waals surface area contributed by atoms with Crippen molar-refractivity contribution < 1.29 is 0 Å². The molecule has 0 atom stereocenters. The lowest BCUT2D eigenvalue weighted by Crippen LogP contribution is -2.22. The summed E-state index contributed by atoms with van der Waals surface area (Å²) in [5, 5.41) is 0. The number of aryl methyl sites for hydroxylation is 1. The number of hydrogen-bond donors (Lipinski definition) is 0. The molecule has 0 unspecified atom stereocenters. The van der Waals surface area contributed by atoms with Gasteiger partial charge in [-0.25, -0.2) is 0 Å². The van der Waals surface area contributed by atoms with E-state index in [-0.39, 0.29) is 0 Å². The molecular weight excluding hydrogens is 160 g/mol. The van der Waals surface area contributed by atoms with Crippen molar-refractivity contribution in [3.63, 3.8) is 0 Å². The number of hydrogen-bond acceptors (Lipinski definition) is 2. The maximum Gasteiger partial charge on any atom is 0.0546 e. The van der Waals surface area contributed by atoms with Crippen LogP contribution in [0.4, 0.5) is 0 Å². The fourth-order valence-corrected chi connectivity index (χ4v) is 1.36. The first kappa shape index (κ1) is 10.2. The van der Waals surface area contributed by atoms with Crippen LogP contribution in [-0.4, -0.2) is 23.0 Å². The van der Waals surface area contributed by atoms with Gasteiger partial charge in [0, 0.05) is 12.7 Å². The molecule has 2 heteroatoms. The summed E-state index contributed by atoms with van der Waals surface area (Å²) in [7, 11) is 0. The fraction of sp³-hybridized carbons (Fsp3) is 0.545. The first-order chi connectivity index (χ1) is 6.26. The minimum absolute atomic E-state index is 0.967. The van der Waals surface area contributed by atoms with Gasteiger partial charge in [0.25, 0.3) is 0 Å². The molecule has 0 saturated carbocycles. The first-order valence-corrected chi connectivity index (χ1v) is 4.90. The SMILES string of the molecule is CCN(CC)Cc1cc(C)ccn1. The normalized spacial score (nSPS) is 10.8. The Labute approximate surface area is 80.6 Å². The molecular formula is C11H18N2. The minimum atomic E-state index is 0.967. The summed E-state index contributed by atoms with van der Waals surface area (Å²) in [5.74, 6) is 0. The van der Waals surface area contributed by atoms with Crippen LogP contribution in [0.5, 0.6) is 0 Å². The van der Waals surface area contributed by atoms with Crippen LogP contribution in [0.25, 0.3) is 0 Å². The molecule has 0 aliphatic heterocycles. The Kier molecular flexibility index (Phi) is 3.90. The molecule has 1 aromatic rings. The summed E-state index contributed by atoms with van der Waals surface area (Å²) >= 11 is 0. The van der Waals surface area contributed by atoms with E-state index in [0.717, 1.165) is 19.6 Å². The average molecular weight is 178 g/mol. The van der Waals surface area contributed by atoms with Gasteiger partial charge < -0.3 is 0 Å². The standard InChI is InChI=1S/C11H18N2/c1-4-13(5-2)9-11-8-10(3)6-7-12-11/h6-8H,4-5,9H2,1-3H3. The molecule has 0 N–H and O–H groups in total. The van der Waals surface area contributed by atoms with Gasteiger partial charge >= 0.3 is 0 Å². The van der Waals surface area contributed by atoms with E-state index >= 15 is 0 Å². The molecule has 1 aromatic heterocycles. The summed E-state index contributed by atoms with van der Waals surface area (Å²) in [6.45, 7) is 9.61. The molecule has 0 aliphatic rings. The van der Waals surface area contributed by atoms with Crippen LogP contribution in [-0.2, 0) is 6.54 Å². The van der Waals surface area contributed by atoms with Crippen LogP contribution in [0.2, 0.25) is 0 Å². The van der Waals surface area contributed by atoms with E-state index in [2.05, 4.69) is 36.7 Å². The number of pyridine rings is 1. The van der Waals surface area contributed by atoms with Gasteiger partial charge in [0.2, 0.25) is 0 Å². The Bertz CT molecular complexity index is 254. The van der Waals surface area contributed by atoms with Gasteiger partial charge in [-0.2, -0.15) is 0 Å². The van der Waals surface area contributed by atoms with Crippen molar-refractivity contribution in [3.05, 3.63) is 29.6 Å². The second-order valence-corrected chi connectivity index (χ2v) is 3.29. The van der Waals surface area contributed by atoms with E-state index in [1.54, 1.807) is 0 Å². The lowest BCUT2D eigenvalue weighted by atomic mass is 10.2. The maximum absolute atomic E-state index is 4.33. The highest BCUT2D eigenvalue weighted by Crippen LogP contribution is 2.03. The second-order valence-electron chi connectivity index (χ2n) is 3.29. The van der Waals surface area contributed by atoms with Gasteiger partial charge in [-0.15, -0.1) is 0 Å². The average Bonchev–Trinajstić information content (AvgIpc) is 2.14. The summed E-state index contributed by atoms with van der Waals surface area (Å²) in [6.07, 6.45) is 1.88. The van der Waals surface area contributed by atoms with Crippen LogP contribution in [0, 0.1) is 6.92 Å². The predicted molar refractivity (Wildman–Crippen MR) is 55.6 cm³/mol. The lowest BCUT2D eigenvalue weighted by Gasteiger charge is -2.17. The van der Waals surface area contributed by atoms with Gasteiger partial charge in [0.05, 0.1) is 5.69 Å². The zero-order valence-corrected chi connectivity index (χ0v) is 8.75. The Morgan fingerprint density at radius 3 is 2.54 bits per heavy atom. The molecule has 13 heavy (non-hydrogen) atoms. The molecule has 0 fully saturated rings. The van der Waals surface area contributed by atoms with Crippen molar-refractivity contribution in [3.8, 4) is 0 Å². The molecule has 0 saturated heterocycles. The van der Waals surface area contributed by atoms with E-state index in [4.69, 9.17) is 0 Å². The highest BCUT2D eigenvalue weighted by molar-refractivity contribution is 5.14. The zero-order valence-electron chi connectivity index (χ0n) is 8.75. The van der Waals surface area contributed by atoms with Crippen molar-refractivity contribution in [1.82, 2.24) is 9.88 Å². The molecule has 0 aliphatic carbocycles. The Morgan fingerprint density at radius 2 is 2.00 bits per heavy atom. The highest BCUT2D eigenvalue weighted by Gasteiger charge is 2.01. The Morgan fingerprint density at radius 1 is 1.31 bits per heavy atom. The quantitative estimate of drug-likeness (QED) is 0.703. The van der Waals surface area contributed by atoms with Gasteiger partial charge in [-0.05, 0) is 37.7 Å². The van der Waals surface area contributed by atoms with Crippen molar-refractivity contribution in [2.45, 2.75) is 27.3 Å². The number of rotatable bonds is 4. The third-order valence-electron chi connectivity index (χ3n) is 2.25. The van der Waals surface area contributed by atoms with E-state index in [9.17, 15) is 0 Å². The Balaban J connectivity index is 2.62. The fourth-order valence-electron chi connectivity index (χ4n) is 1.36. The smallest absolute Gasteiger partial charge is 0.0546 e. The van der Waals surface area contributed by atoms with E-state index in [1.165, 1.54) is 11.3 Å². The van der Waals surface area contributed by atoms with E-state index in [1.807, 2.05) is 12.3 Å². The monoisotopic (exact) mass is 178 g/mol. The molecule has 0 aromatic carbocycles. The maximum atomic E-state index is 4.33. The van der Waals surface area contributed by atoms with Gasteiger partial charge in [0.15, 0.2) is 0 Å². The number of aromatic nitrogens is 1. The third-order valence-corrected chi connectivity index (χ3v) is 2.25. The van der Waals surface area contributed by atoms with Crippen molar-refractivity contribution in [2.75, 3.05) is 13.1 Å². The molecule has 72 valence electrons. The third kappa shape index (κ3) is 3.15.